The van der Waals surface area contributed by atoms with Crippen LogP contribution in [0.3, 0.4) is 0 Å². The number of amides is 1. The van der Waals surface area contributed by atoms with E-state index in [2.05, 4.69) is 11.9 Å². The fraction of sp³-hybridized carbons (Fsp3) is 0.667. The number of ketones is 1. The van der Waals surface area contributed by atoms with E-state index in [1.165, 1.54) is 6.92 Å². The Morgan fingerprint density at radius 2 is 1.65 bits per heavy atom. The van der Waals surface area contributed by atoms with Gasteiger partial charge >= 0.3 is 5.97 Å². The second-order valence-corrected chi connectivity index (χ2v) is 5.46. The molecule has 0 saturated carbocycles. The zero-order chi connectivity index (χ0) is 15.9. The van der Waals surface area contributed by atoms with Gasteiger partial charge in [0.15, 0.2) is 5.78 Å². The Bertz CT molecular complexity index is 385. The molecule has 1 atom stereocenters. The molecule has 0 heterocycles. The van der Waals surface area contributed by atoms with Crippen LogP contribution < -0.4 is 5.32 Å². The minimum absolute atomic E-state index is 0.0329. The summed E-state index contributed by atoms with van der Waals surface area (Å²) in [7, 11) is 0. The number of esters is 1. The zero-order valence-electron chi connectivity index (χ0n) is 13.0. The third-order valence-corrected chi connectivity index (χ3v) is 2.71. The summed E-state index contributed by atoms with van der Waals surface area (Å²) in [5, 5.41) is 2.67. The number of hydrogen-bond acceptors (Lipinski definition) is 4. The molecule has 114 valence electrons. The zero-order valence-corrected chi connectivity index (χ0v) is 13.0. The van der Waals surface area contributed by atoms with E-state index < -0.39 is 12.0 Å². The molecule has 0 rings (SSSR count). The predicted octanol–water partition coefficient (Wildman–Crippen LogP) is 2.00. The molecule has 0 saturated heterocycles. The van der Waals surface area contributed by atoms with Crippen molar-refractivity contribution in [3.05, 3.63) is 12.2 Å². The lowest BCUT2D eigenvalue weighted by atomic mass is 10.0. The highest BCUT2D eigenvalue weighted by Crippen LogP contribution is 2.08. The molecule has 0 aromatic heterocycles. The first-order valence-corrected chi connectivity index (χ1v) is 6.83. The Hall–Kier alpha value is -1.65. The SMILES string of the molecule is C=C(CCC(=O)NC(C(C)=O)C(C)C)C(=O)OC(C)C. The van der Waals surface area contributed by atoms with Gasteiger partial charge < -0.3 is 10.1 Å². The molecule has 0 aromatic rings. The van der Waals surface area contributed by atoms with E-state index in [0.717, 1.165) is 0 Å². The number of hydrogen-bond donors (Lipinski definition) is 1. The maximum absolute atomic E-state index is 11.8. The summed E-state index contributed by atoms with van der Waals surface area (Å²) in [5.74, 6) is -0.797. The molecule has 0 aliphatic rings. The molecule has 20 heavy (non-hydrogen) atoms. The van der Waals surface area contributed by atoms with Crippen molar-refractivity contribution in [3.8, 4) is 0 Å². The van der Waals surface area contributed by atoms with E-state index in [4.69, 9.17) is 4.74 Å². The summed E-state index contributed by atoms with van der Waals surface area (Å²) in [6, 6.07) is -0.488. The smallest absolute Gasteiger partial charge is 0.333 e. The van der Waals surface area contributed by atoms with Gasteiger partial charge in [-0.25, -0.2) is 4.79 Å². The second-order valence-electron chi connectivity index (χ2n) is 5.46. The minimum atomic E-state index is -0.488. The maximum Gasteiger partial charge on any atom is 0.333 e. The van der Waals surface area contributed by atoms with Gasteiger partial charge in [-0.2, -0.15) is 0 Å². The molecule has 0 aliphatic heterocycles. The largest absolute Gasteiger partial charge is 0.460 e. The predicted molar refractivity (Wildman–Crippen MR) is 77.1 cm³/mol. The maximum atomic E-state index is 11.8. The van der Waals surface area contributed by atoms with E-state index in [1.54, 1.807) is 13.8 Å². The molecule has 0 bridgehead atoms. The van der Waals surface area contributed by atoms with Gasteiger partial charge in [0.2, 0.25) is 5.91 Å². The molecule has 5 heteroatoms. The first kappa shape index (κ1) is 18.4. The molecule has 0 fully saturated rings. The van der Waals surface area contributed by atoms with Gasteiger partial charge in [0, 0.05) is 12.0 Å². The molecule has 5 nitrogen and oxygen atoms in total. The third kappa shape index (κ3) is 7.07. The van der Waals surface area contributed by atoms with Crippen molar-refractivity contribution in [2.45, 2.75) is 59.6 Å². The Morgan fingerprint density at radius 3 is 2.05 bits per heavy atom. The Labute approximate surface area is 120 Å². The van der Waals surface area contributed by atoms with Crippen molar-refractivity contribution in [3.63, 3.8) is 0 Å². The van der Waals surface area contributed by atoms with Crippen LogP contribution in [-0.4, -0.2) is 29.8 Å². The van der Waals surface area contributed by atoms with Gasteiger partial charge in [-0.1, -0.05) is 20.4 Å². The van der Waals surface area contributed by atoms with Crippen LogP contribution in [0.15, 0.2) is 12.2 Å². The van der Waals surface area contributed by atoms with Gasteiger partial charge in [-0.15, -0.1) is 0 Å². The molecule has 0 aliphatic carbocycles. The Balaban J connectivity index is 4.26. The van der Waals surface area contributed by atoms with Crippen molar-refractivity contribution in [2.24, 2.45) is 5.92 Å². The normalized spacial score (nSPS) is 12.2. The Kier molecular flexibility index (Phi) is 7.80. The molecule has 1 unspecified atom stereocenters. The van der Waals surface area contributed by atoms with E-state index >= 15 is 0 Å². The van der Waals surface area contributed by atoms with Gasteiger partial charge in [0.1, 0.15) is 0 Å². The molecule has 1 amide bonds. The average molecular weight is 283 g/mol. The molecule has 0 aromatic carbocycles. The number of ether oxygens (including phenoxy) is 1. The van der Waals surface area contributed by atoms with Crippen molar-refractivity contribution in [2.75, 3.05) is 0 Å². The Morgan fingerprint density at radius 1 is 1.10 bits per heavy atom. The van der Waals surface area contributed by atoms with Crippen LogP contribution in [0.5, 0.6) is 0 Å². The van der Waals surface area contributed by atoms with Crippen molar-refractivity contribution < 1.29 is 19.1 Å². The van der Waals surface area contributed by atoms with E-state index in [-0.39, 0.29) is 42.1 Å². The van der Waals surface area contributed by atoms with Crippen molar-refractivity contribution in [1.29, 1.82) is 0 Å². The van der Waals surface area contributed by atoms with E-state index in [1.807, 2.05) is 13.8 Å². The summed E-state index contributed by atoms with van der Waals surface area (Å²) in [5.41, 5.74) is 0.262. The van der Waals surface area contributed by atoms with Crippen LogP contribution in [-0.2, 0) is 19.1 Å². The fourth-order valence-electron chi connectivity index (χ4n) is 1.65. The molecular formula is C15H25NO4. The number of carbonyl (C=O) groups is 3. The van der Waals surface area contributed by atoms with Gasteiger partial charge in [0.05, 0.1) is 12.1 Å². The monoisotopic (exact) mass is 283 g/mol. The van der Waals surface area contributed by atoms with Crippen LogP contribution in [0.2, 0.25) is 0 Å². The third-order valence-electron chi connectivity index (χ3n) is 2.71. The number of carbonyl (C=O) groups excluding carboxylic acids is 3. The standard InChI is InChI=1S/C15H25NO4/c1-9(2)14(12(6)17)16-13(18)8-7-11(5)15(19)20-10(3)4/h9-10,14H,5,7-8H2,1-4,6H3,(H,16,18). The first-order valence-electron chi connectivity index (χ1n) is 6.83. The number of nitrogens with one attached hydrogen (secondary N) is 1. The average Bonchev–Trinajstić information content (AvgIpc) is 2.31. The first-order chi connectivity index (χ1) is 9.15. The lowest BCUT2D eigenvalue weighted by Crippen LogP contribution is -2.43. The van der Waals surface area contributed by atoms with Gasteiger partial charge in [-0.05, 0) is 33.1 Å². The highest BCUT2D eigenvalue weighted by Gasteiger charge is 2.21. The highest BCUT2D eigenvalue weighted by atomic mass is 16.5. The van der Waals surface area contributed by atoms with Crippen LogP contribution in [0.25, 0.3) is 0 Å². The molecule has 0 radical (unpaired) electrons. The van der Waals surface area contributed by atoms with Crippen LogP contribution in [0.1, 0.15) is 47.5 Å². The fourth-order valence-corrected chi connectivity index (χ4v) is 1.65. The summed E-state index contributed by atoms with van der Waals surface area (Å²) >= 11 is 0. The summed E-state index contributed by atoms with van der Waals surface area (Å²) in [6.07, 6.45) is 0.124. The van der Waals surface area contributed by atoms with Gasteiger partial charge in [0.25, 0.3) is 0 Å². The number of Topliss-reactive ketones (excluding diaryl/α,β-unsaturated/α-hetero) is 1. The second kappa shape index (κ2) is 8.51. The number of rotatable bonds is 8. The molecule has 1 N–H and O–H groups in total. The minimum Gasteiger partial charge on any atom is -0.460 e. The molecular weight excluding hydrogens is 258 g/mol. The van der Waals surface area contributed by atoms with Gasteiger partial charge in [-0.3, -0.25) is 9.59 Å². The summed E-state index contributed by atoms with van der Waals surface area (Å²) in [4.78, 5) is 34.6. The topological polar surface area (TPSA) is 72.5 Å². The quantitative estimate of drug-likeness (QED) is 0.546. The lowest BCUT2D eigenvalue weighted by molar-refractivity contribution is -0.142. The van der Waals surface area contributed by atoms with Crippen LogP contribution >= 0.6 is 0 Å². The van der Waals surface area contributed by atoms with Crippen molar-refractivity contribution in [1.82, 2.24) is 5.32 Å². The lowest BCUT2D eigenvalue weighted by Gasteiger charge is -2.19. The molecule has 0 spiro atoms. The van der Waals surface area contributed by atoms with Crippen LogP contribution in [0.4, 0.5) is 0 Å². The van der Waals surface area contributed by atoms with Crippen LogP contribution in [0, 0.1) is 5.92 Å². The van der Waals surface area contributed by atoms with E-state index in [0.29, 0.717) is 0 Å². The van der Waals surface area contributed by atoms with E-state index in [9.17, 15) is 14.4 Å². The summed E-state index contributed by atoms with van der Waals surface area (Å²) < 4.78 is 4.98. The summed E-state index contributed by atoms with van der Waals surface area (Å²) in [6.45, 7) is 12.3. The van der Waals surface area contributed by atoms with Crippen molar-refractivity contribution >= 4 is 17.7 Å². The highest BCUT2D eigenvalue weighted by molar-refractivity contribution is 5.90.